The molecule has 26 heavy (non-hydrogen) atoms. The molecule has 0 saturated carbocycles. The second-order valence-corrected chi connectivity index (χ2v) is 6.05. The maximum absolute atomic E-state index is 12.2. The molecule has 1 aromatic carbocycles. The lowest BCUT2D eigenvalue weighted by Gasteiger charge is -2.25. The van der Waals surface area contributed by atoms with E-state index < -0.39 is 30.4 Å². The molecular formula is C18H23N3O5. The highest BCUT2D eigenvalue weighted by Crippen LogP contribution is 2.28. The van der Waals surface area contributed by atoms with Crippen molar-refractivity contribution in [1.82, 2.24) is 15.5 Å². The van der Waals surface area contributed by atoms with Crippen LogP contribution in [-0.2, 0) is 19.1 Å². The first kappa shape index (κ1) is 19.4. The molecule has 8 nitrogen and oxygen atoms in total. The SMILES string of the molecule is CCNC(=O)NC(=O)COC(=O)[C@@H]1CC(=O)N([C@H](C)c2ccccc2)C1. The number of nitrogens with one attached hydrogen (secondary N) is 2. The van der Waals surface area contributed by atoms with E-state index in [9.17, 15) is 19.2 Å². The number of esters is 1. The van der Waals surface area contributed by atoms with Gasteiger partial charge in [0.1, 0.15) is 0 Å². The third-order valence-electron chi connectivity index (χ3n) is 4.18. The molecule has 1 aliphatic heterocycles. The Hall–Kier alpha value is -2.90. The first-order valence-corrected chi connectivity index (χ1v) is 8.51. The normalized spacial score (nSPS) is 17.5. The number of carbonyl (C=O) groups excluding carboxylic acids is 4. The smallest absolute Gasteiger partial charge is 0.321 e. The van der Waals surface area contributed by atoms with Crippen LogP contribution in [0.1, 0.15) is 31.9 Å². The molecule has 1 saturated heterocycles. The van der Waals surface area contributed by atoms with Crippen LogP contribution in [0.5, 0.6) is 0 Å². The molecule has 0 bridgehead atoms. The first-order valence-electron chi connectivity index (χ1n) is 8.51. The number of hydrogen-bond donors (Lipinski definition) is 2. The Kier molecular flexibility index (Phi) is 6.71. The topological polar surface area (TPSA) is 105 Å². The van der Waals surface area contributed by atoms with E-state index in [-0.39, 0.29) is 24.9 Å². The van der Waals surface area contributed by atoms with Gasteiger partial charge in [-0.3, -0.25) is 19.7 Å². The maximum atomic E-state index is 12.2. The fraction of sp³-hybridized carbons (Fsp3) is 0.444. The summed E-state index contributed by atoms with van der Waals surface area (Å²) >= 11 is 0. The Bertz CT molecular complexity index is 677. The number of amides is 4. The third-order valence-corrected chi connectivity index (χ3v) is 4.18. The van der Waals surface area contributed by atoms with E-state index in [2.05, 4.69) is 5.32 Å². The van der Waals surface area contributed by atoms with Gasteiger partial charge in [-0.05, 0) is 19.4 Å². The Morgan fingerprint density at radius 3 is 2.62 bits per heavy atom. The summed E-state index contributed by atoms with van der Waals surface area (Å²) in [7, 11) is 0. The molecule has 2 rings (SSSR count). The van der Waals surface area contributed by atoms with Gasteiger partial charge in [0.05, 0.1) is 12.0 Å². The third kappa shape index (κ3) is 5.05. The minimum absolute atomic E-state index is 0.0496. The number of rotatable bonds is 6. The molecule has 1 aliphatic rings. The highest BCUT2D eigenvalue weighted by Gasteiger charge is 2.38. The van der Waals surface area contributed by atoms with Gasteiger partial charge in [-0.25, -0.2) is 4.79 Å². The molecule has 2 N–H and O–H groups in total. The maximum Gasteiger partial charge on any atom is 0.321 e. The molecule has 1 heterocycles. The number of urea groups is 1. The van der Waals surface area contributed by atoms with Crippen LogP contribution in [0.25, 0.3) is 0 Å². The number of likely N-dealkylation sites (tertiary alicyclic amines) is 1. The lowest BCUT2D eigenvalue weighted by molar-refractivity contribution is -0.152. The van der Waals surface area contributed by atoms with Gasteiger partial charge >= 0.3 is 12.0 Å². The highest BCUT2D eigenvalue weighted by molar-refractivity contribution is 5.96. The van der Waals surface area contributed by atoms with Crippen LogP contribution in [0.4, 0.5) is 4.79 Å². The minimum Gasteiger partial charge on any atom is -0.455 e. The van der Waals surface area contributed by atoms with Crippen molar-refractivity contribution in [2.75, 3.05) is 19.7 Å². The van der Waals surface area contributed by atoms with Gasteiger partial charge in [-0.2, -0.15) is 0 Å². The van der Waals surface area contributed by atoms with Gasteiger partial charge in [0, 0.05) is 19.5 Å². The molecule has 1 fully saturated rings. The average Bonchev–Trinajstić information content (AvgIpc) is 3.01. The van der Waals surface area contributed by atoms with E-state index in [1.807, 2.05) is 42.6 Å². The number of benzene rings is 1. The van der Waals surface area contributed by atoms with Crippen molar-refractivity contribution in [3.8, 4) is 0 Å². The molecule has 0 aromatic heterocycles. The summed E-state index contributed by atoms with van der Waals surface area (Å²) in [5.41, 5.74) is 0.983. The molecule has 4 amide bonds. The van der Waals surface area contributed by atoms with Crippen LogP contribution in [-0.4, -0.2) is 48.4 Å². The van der Waals surface area contributed by atoms with E-state index in [1.54, 1.807) is 11.8 Å². The number of ether oxygens (including phenoxy) is 1. The summed E-state index contributed by atoms with van der Waals surface area (Å²) in [4.78, 5) is 48.8. The number of nitrogens with zero attached hydrogens (tertiary/aromatic N) is 1. The fourth-order valence-electron chi connectivity index (χ4n) is 2.80. The van der Waals surface area contributed by atoms with E-state index in [0.29, 0.717) is 6.54 Å². The van der Waals surface area contributed by atoms with Crippen molar-refractivity contribution >= 4 is 23.8 Å². The standard InChI is InChI=1S/C18H23N3O5/c1-3-19-18(25)20-15(22)11-26-17(24)14-9-16(23)21(10-14)12(2)13-7-5-4-6-8-13/h4-8,12,14H,3,9-11H2,1-2H3,(H2,19,20,22,25)/t12-,14-/m1/s1. The monoisotopic (exact) mass is 361 g/mol. The van der Waals surface area contributed by atoms with Crippen molar-refractivity contribution in [3.63, 3.8) is 0 Å². The van der Waals surface area contributed by atoms with Gasteiger partial charge in [-0.1, -0.05) is 30.3 Å². The van der Waals surface area contributed by atoms with Gasteiger partial charge in [-0.15, -0.1) is 0 Å². The summed E-state index contributed by atoms with van der Waals surface area (Å²) in [6.07, 6.45) is 0.0496. The van der Waals surface area contributed by atoms with Crippen molar-refractivity contribution < 1.29 is 23.9 Å². The summed E-state index contributed by atoms with van der Waals surface area (Å²) in [5, 5.41) is 4.44. The lowest BCUT2D eigenvalue weighted by atomic mass is 10.1. The summed E-state index contributed by atoms with van der Waals surface area (Å²) < 4.78 is 4.94. The molecule has 0 aliphatic carbocycles. The van der Waals surface area contributed by atoms with Crippen LogP contribution in [0, 0.1) is 5.92 Å². The van der Waals surface area contributed by atoms with Crippen molar-refractivity contribution in [3.05, 3.63) is 35.9 Å². The van der Waals surface area contributed by atoms with Crippen molar-refractivity contribution in [1.29, 1.82) is 0 Å². The highest BCUT2D eigenvalue weighted by atomic mass is 16.5. The van der Waals surface area contributed by atoms with Gasteiger partial charge in [0.2, 0.25) is 5.91 Å². The first-order chi connectivity index (χ1) is 12.4. The Morgan fingerprint density at radius 1 is 1.27 bits per heavy atom. The quantitative estimate of drug-likeness (QED) is 0.735. The van der Waals surface area contributed by atoms with Crippen LogP contribution in [0.2, 0.25) is 0 Å². The molecule has 2 atom stereocenters. The Balaban J connectivity index is 1.85. The Labute approximate surface area is 151 Å². The van der Waals surface area contributed by atoms with E-state index in [4.69, 9.17) is 4.74 Å². The van der Waals surface area contributed by atoms with E-state index in [1.165, 1.54) is 0 Å². The zero-order valence-electron chi connectivity index (χ0n) is 14.9. The lowest BCUT2D eigenvalue weighted by Crippen LogP contribution is -2.41. The largest absolute Gasteiger partial charge is 0.455 e. The molecular weight excluding hydrogens is 338 g/mol. The Morgan fingerprint density at radius 2 is 1.96 bits per heavy atom. The number of hydrogen-bond acceptors (Lipinski definition) is 5. The predicted octanol–water partition coefficient (Wildman–Crippen LogP) is 0.985. The second-order valence-electron chi connectivity index (χ2n) is 6.05. The fourth-order valence-corrected chi connectivity index (χ4v) is 2.80. The van der Waals surface area contributed by atoms with Crippen molar-refractivity contribution in [2.45, 2.75) is 26.3 Å². The van der Waals surface area contributed by atoms with Crippen LogP contribution in [0.3, 0.4) is 0 Å². The van der Waals surface area contributed by atoms with Gasteiger partial charge < -0.3 is 15.0 Å². The molecule has 8 heteroatoms. The van der Waals surface area contributed by atoms with Crippen LogP contribution in [0.15, 0.2) is 30.3 Å². The summed E-state index contributed by atoms with van der Waals surface area (Å²) in [6, 6.07) is 8.74. The zero-order chi connectivity index (χ0) is 19.1. The molecule has 1 aromatic rings. The predicted molar refractivity (Wildman–Crippen MR) is 92.9 cm³/mol. The summed E-state index contributed by atoms with van der Waals surface area (Å²) in [5.74, 6) is -2.09. The van der Waals surface area contributed by atoms with Gasteiger partial charge in [0.15, 0.2) is 6.61 Å². The number of imide groups is 1. The van der Waals surface area contributed by atoms with Crippen LogP contribution < -0.4 is 10.6 Å². The molecule has 0 unspecified atom stereocenters. The van der Waals surface area contributed by atoms with Crippen molar-refractivity contribution in [2.24, 2.45) is 5.92 Å². The summed E-state index contributed by atoms with van der Waals surface area (Å²) in [6.45, 7) is 3.67. The molecule has 0 radical (unpaired) electrons. The zero-order valence-corrected chi connectivity index (χ0v) is 14.9. The van der Waals surface area contributed by atoms with Gasteiger partial charge in [0.25, 0.3) is 5.91 Å². The molecule has 140 valence electrons. The van der Waals surface area contributed by atoms with E-state index >= 15 is 0 Å². The molecule has 0 spiro atoms. The average molecular weight is 361 g/mol. The van der Waals surface area contributed by atoms with E-state index in [0.717, 1.165) is 5.56 Å². The minimum atomic E-state index is -0.719. The number of carbonyl (C=O) groups is 4. The van der Waals surface area contributed by atoms with Crippen LogP contribution >= 0.6 is 0 Å². The second kappa shape index (κ2) is 8.98.